The summed E-state index contributed by atoms with van der Waals surface area (Å²) < 4.78 is 22.8. The number of nitrogens with zero attached hydrogens (tertiary/aromatic N) is 2. The van der Waals surface area contributed by atoms with E-state index in [1.54, 1.807) is 42.3 Å². The van der Waals surface area contributed by atoms with E-state index in [0.717, 1.165) is 32.5 Å². The summed E-state index contributed by atoms with van der Waals surface area (Å²) in [7, 11) is 1.56. The van der Waals surface area contributed by atoms with Gasteiger partial charge in [0.25, 0.3) is 11.7 Å². The normalized spacial score (nSPS) is 17.9. The highest BCUT2D eigenvalue weighted by Gasteiger charge is 2.46. The molecule has 1 N–H and O–H groups in total. The highest BCUT2D eigenvalue weighted by Crippen LogP contribution is 2.43. The third-order valence-electron chi connectivity index (χ3n) is 7.38. The number of aliphatic hydroxyl groups excluding tert-OH is 1. The van der Waals surface area contributed by atoms with Crippen molar-refractivity contribution >= 4 is 17.4 Å². The summed E-state index contributed by atoms with van der Waals surface area (Å²) >= 11 is 0. The number of likely N-dealkylation sites (tertiary alicyclic amines) is 1. The number of methoxy groups -OCH3 is 1. The number of carbonyl (C=O) groups is 2. The molecule has 0 saturated carbocycles. The van der Waals surface area contributed by atoms with Gasteiger partial charge in [0.15, 0.2) is 23.0 Å². The fourth-order valence-corrected chi connectivity index (χ4v) is 5.11. The van der Waals surface area contributed by atoms with Crippen LogP contribution in [-0.4, -0.2) is 79.7 Å². The third kappa shape index (κ3) is 6.20. The van der Waals surface area contributed by atoms with Gasteiger partial charge in [0.05, 0.1) is 25.3 Å². The summed E-state index contributed by atoms with van der Waals surface area (Å²) in [5, 5.41) is 11.5. The van der Waals surface area contributed by atoms with Crippen LogP contribution < -0.4 is 18.9 Å². The average Bonchev–Trinajstić information content (AvgIpc) is 3.24. The van der Waals surface area contributed by atoms with Crippen LogP contribution in [0.4, 0.5) is 0 Å². The average molecular weight is 553 g/mol. The number of hydrogen-bond donors (Lipinski definition) is 1. The number of Topliss-reactive ketones (excluding diaryl/α,β-unsaturated/α-hetero) is 1. The molecule has 2 aliphatic heterocycles. The minimum Gasteiger partial charge on any atom is -0.507 e. The Morgan fingerprint density at radius 1 is 1.00 bits per heavy atom. The van der Waals surface area contributed by atoms with Gasteiger partial charge in [-0.15, -0.1) is 0 Å². The van der Waals surface area contributed by atoms with Crippen LogP contribution in [0, 0.1) is 0 Å². The van der Waals surface area contributed by atoms with E-state index in [4.69, 9.17) is 18.9 Å². The van der Waals surface area contributed by atoms with Crippen molar-refractivity contribution in [1.29, 1.82) is 0 Å². The first-order valence-corrected chi connectivity index (χ1v) is 14.1. The van der Waals surface area contributed by atoms with Gasteiger partial charge in [-0.2, -0.15) is 0 Å². The molecule has 216 valence electrons. The molecule has 2 aromatic rings. The summed E-state index contributed by atoms with van der Waals surface area (Å²) in [5.41, 5.74) is 1.06. The summed E-state index contributed by atoms with van der Waals surface area (Å²) in [5.74, 6) is 0.531. The molecule has 0 aliphatic carbocycles. The van der Waals surface area contributed by atoms with Crippen molar-refractivity contribution in [3.63, 3.8) is 0 Å². The predicted octanol–water partition coefficient (Wildman–Crippen LogP) is 4.80. The molecule has 1 amide bonds. The van der Waals surface area contributed by atoms with E-state index in [1.807, 2.05) is 6.07 Å². The van der Waals surface area contributed by atoms with Crippen molar-refractivity contribution in [3.05, 3.63) is 53.1 Å². The van der Waals surface area contributed by atoms with Crippen molar-refractivity contribution in [2.75, 3.05) is 53.1 Å². The van der Waals surface area contributed by atoms with E-state index < -0.39 is 17.7 Å². The van der Waals surface area contributed by atoms with Crippen molar-refractivity contribution in [1.82, 2.24) is 9.80 Å². The Morgan fingerprint density at radius 2 is 1.75 bits per heavy atom. The molecule has 9 heteroatoms. The summed E-state index contributed by atoms with van der Waals surface area (Å²) in [6.07, 6.45) is 2.60. The number of aliphatic hydroxyl groups is 1. The van der Waals surface area contributed by atoms with Crippen LogP contribution in [0.5, 0.6) is 23.0 Å². The Bertz CT molecular complexity index is 1240. The number of ketones is 1. The van der Waals surface area contributed by atoms with Gasteiger partial charge in [-0.25, -0.2) is 0 Å². The first-order chi connectivity index (χ1) is 19.4. The quantitative estimate of drug-likeness (QED) is 0.164. The first kappa shape index (κ1) is 29.3. The predicted molar refractivity (Wildman–Crippen MR) is 152 cm³/mol. The molecule has 0 unspecified atom stereocenters. The monoisotopic (exact) mass is 552 g/mol. The van der Waals surface area contributed by atoms with Crippen molar-refractivity contribution in [2.45, 2.75) is 46.1 Å². The molecule has 0 aromatic heterocycles. The maximum absolute atomic E-state index is 13.5. The molecule has 40 heavy (non-hydrogen) atoms. The molecule has 1 saturated heterocycles. The molecular formula is C31H40N2O7. The standard InChI is InChI=1S/C31H40N2O7/c1-5-8-16-38-23-12-10-21(19-25(23)37-4)28-27(29(34)22-11-13-24-26(20-22)40-18-17-39-24)30(35)31(36)33(28)15-9-14-32(6-2)7-3/h10-13,19-20,28,34H,5-9,14-18H2,1-4H3/b29-27+/t28-/m0/s1. The van der Waals surface area contributed by atoms with E-state index in [0.29, 0.717) is 66.9 Å². The minimum atomic E-state index is -0.788. The topological polar surface area (TPSA) is 97.8 Å². The van der Waals surface area contributed by atoms with E-state index in [2.05, 4.69) is 25.7 Å². The molecule has 2 aromatic carbocycles. The van der Waals surface area contributed by atoms with Crippen LogP contribution in [0.2, 0.25) is 0 Å². The Hall–Kier alpha value is -3.72. The zero-order valence-electron chi connectivity index (χ0n) is 23.9. The molecule has 1 fully saturated rings. The first-order valence-electron chi connectivity index (χ1n) is 14.1. The van der Waals surface area contributed by atoms with Crippen LogP contribution in [0.3, 0.4) is 0 Å². The molecule has 2 aliphatic rings. The smallest absolute Gasteiger partial charge is 0.295 e. The summed E-state index contributed by atoms with van der Waals surface area (Å²) in [6.45, 7) is 10.6. The lowest BCUT2D eigenvalue weighted by Crippen LogP contribution is -2.33. The van der Waals surface area contributed by atoms with Gasteiger partial charge in [0.1, 0.15) is 19.0 Å². The Morgan fingerprint density at radius 3 is 2.45 bits per heavy atom. The SMILES string of the molecule is CCCCOc1ccc([C@H]2/C(=C(\O)c3ccc4c(c3)OCCO4)C(=O)C(=O)N2CCCN(CC)CC)cc1OC. The van der Waals surface area contributed by atoms with Gasteiger partial charge in [-0.05, 0) is 68.4 Å². The molecular weight excluding hydrogens is 512 g/mol. The maximum Gasteiger partial charge on any atom is 0.295 e. The maximum atomic E-state index is 13.5. The molecule has 1 atom stereocenters. The summed E-state index contributed by atoms with van der Waals surface area (Å²) in [6, 6.07) is 9.62. The van der Waals surface area contributed by atoms with Crippen LogP contribution in [0.25, 0.3) is 5.76 Å². The molecule has 2 heterocycles. The molecule has 0 spiro atoms. The van der Waals surface area contributed by atoms with Crippen LogP contribution in [-0.2, 0) is 9.59 Å². The van der Waals surface area contributed by atoms with Gasteiger partial charge in [-0.1, -0.05) is 33.3 Å². The number of hydrogen-bond acceptors (Lipinski definition) is 8. The molecule has 9 nitrogen and oxygen atoms in total. The lowest BCUT2D eigenvalue weighted by atomic mass is 9.94. The van der Waals surface area contributed by atoms with Gasteiger partial charge in [0.2, 0.25) is 0 Å². The number of carbonyl (C=O) groups excluding carboxylic acids is 2. The Balaban J connectivity index is 1.75. The fourth-order valence-electron chi connectivity index (χ4n) is 5.11. The van der Waals surface area contributed by atoms with Gasteiger partial charge in [0, 0.05) is 12.1 Å². The van der Waals surface area contributed by atoms with E-state index >= 15 is 0 Å². The number of ether oxygens (including phenoxy) is 4. The fraction of sp³-hybridized carbons (Fsp3) is 0.484. The van der Waals surface area contributed by atoms with E-state index in [-0.39, 0.29) is 11.3 Å². The second kappa shape index (κ2) is 13.6. The van der Waals surface area contributed by atoms with Gasteiger partial charge >= 0.3 is 0 Å². The minimum absolute atomic E-state index is 0.0335. The number of fused-ring (bicyclic) bond motifs is 1. The number of unbranched alkanes of at least 4 members (excludes halogenated alkanes) is 1. The summed E-state index contributed by atoms with van der Waals surface area (Å²) in [4.78, 5) is 30.7. The van der Waals surface area contributed by atoms with Crippen molar-refractivity contribution in [2.24, 2.45) is 0 Å². The lowest BCUT2D eigenvalue weighted by molar-refractivity contribution is -0.140. The van der Waals surface area contributed by atoms with E-state index in [1.165, 1.54) is 0 Å². The molecule has 0 bridgehead atoms. The zero-order chi connectivity index (χ0) is 28.6. The molecule has 4 rings (SSSR count). The van der Waals surface area contributed by atoms with Gasteiger partial charge in [-0.3, -0.25) is 9.59 Å². The van der Waals surface area contributed by atoms with Crippen molar-refractivity contribution < 1.29 is 33.6 Å². The molecule has 0 radical (unpaired) electrons. The largest absolute Gasteiger partial charge is 0.507 e. The van der Waals surface area contributed by atoms with Crippen LogP contribution in [0.15, 0.2) is 42.0 Å². The zero-order valence-corrected chi connectivity index (χ0v) is 23.9. The number of amides is 1. The van der Waals surface area contributed by atoms with Crippen LogP contribution in [0.1, 0.15) is 57.2 Å². The second-order valence-corrected chi connectivity index (χ2v) is 9.84. The second-order valence-electron chi connectivity index (χ2n) is 9.84. The highest BCUT2D eigenvalue weighted by molar-refractivity contribution is 6.46. The number of benzene rings is 2. The van der Waals surface area contributed by atoms with Gasteiger partial charge < -0.3 is 33.9 Å². The van der Waals surface area contributed by atoms with Crippen LogP contribution >= 0.6 is 0 Å². The Kier molecular flexibility index (Phi) is 9.93. The van der Waals surface area contributed by atoms with E-state index in [9.17, 15) is 14.7 Å². The lowest BCUT2D eigenvalue weighted by Gasteiger charge is -2.27. The Labute approximate surface area is 236 Å². The third-order valence-corrected chi connectivity index (χ3v) is 7.38. The highest BCUT2D eigenvalue weighted by atomic mass is 16.6. The van der Waals surface area contributed by atoms with Crippen molar-refractivity contribution in [3.8, 4) is 23.0 Å². The number of rotatable bonds is 13.